The predicted octanol–water partition coefficient (Wildman–Crippen LogP) is 3.23. The van der Waals surface area contributed by atoms with Crippen LogP contribution in [0.15, 0.2) is 30.7 Å². The Morgan fingerprint density at radius 1 is 1.03 bits per heavy atom. The highest BCUT2D eigenvalue weighted by Gasteiger charge is 2.26. The molecule has 0 radical (unpaired) electrons. The van der Waals surface area contributed by atoms with Gasteiger partial charge in [-0.15, -0.1) is 0 Å². The van der Waals surface area contributed by atoms with Crippen LogP contribution >= 0.6 is 0 Å². The van der Waals surface area contributed by atoms with E-state index in [-0.39, 0.29) is 30.5 Å². The van der Waals surface area contributed by atoms with E-state index in [0.29, 0.717) is 46.3 Å². The van der Waals surface area contributed by atoms with E-state index in [2.05, 4.69) is 25.6 Å². The SMILES string of the molecule is COCC(=O)N[C@H]1CC[C@@H](NC(=O)c2c[nH]c3c(-c4ccc(OC)cc4OCC4CC4)ncnc23)CC1. The summed E-state index contributed by atoms with van der Waals surface area (Å²) < 4.78 is 16.4. The standard InChI is InChI=1S/C27H33N5O5/c1-35-14-23(33)31-17-5-7-18(8-6-17)32-27(34)21-12-28-26-24(29-15-30-25(21)26)20-10-9-19(36-2)11-22(20)37-13-16-3-4-16/h9-12,15-18,28H,3-8,13-14H2,1-2H3,(H,31,33)(H,32,34)/t17-,18+. The minimum Gasteiger partial charge on any atom is -0.497 e. The van der Waals surface area contributed by atoms with E-state index < -0.39 is 0 Å². The zero-order valence-electron chi connectivity index (χ0n) is 21.2. The minimum absolute atomic E-state index is 0.0401. The fourth-order valence-electron chi connectivity index (χ4n) is 4.80. The molecule has 0 unspecified atom stereocenters. The van der Waals surface area contributed by atoms with E-state index in [1.807, 2.05) is 18.2 Å². The van der Waals surface area contributed by atoms with Gasteiger partial charge < -0.3 is 29.8 Å². The third-order valence-corrected chi connectivity index (χ3v) is 7.03. The summed E-state index contributed by atoms with van der Waals surface area (Å²) in [7, 11) is 3.13. The first-order valence-corrected chi connectivity index (χ1v) is 12.8. The number of fused-ring (bicyclic) bond motifs is 1. The number of benzene rings is 1. The molecule has 1 aromatic carbocycles. The maximum absolute atomic E-state index is 13.2. The lowest BCUT2D eigenvalue weighted by Gasteiger charge is -2.29. The Bertz CT molecular complexity index is 1260. The lowest BCUT2D eigenvalue weighted by molar-refractivity contribution is -0.125. The maximum Gasteiger partial charge on any atom is 0.255 e. The number of amides is 2. The number of hydrogen-bond donors (Lipinski definition) is 3. The van der Waals surface area contributed by atoms with Crippen LogP contribution in [-0.4, -0.2) is 66.3 Å². The number of rotatable bonds is 10. The zero-order valence-corrected chi connectivity index (χ0v) is 21.2. The molecule has 0 bridgehead atoms. The fourth-order valence-corrected chi connectivity index (χ4v) is 4.80. The van der Waals surface area contributed by atoms with Crippen LogP contribution in [0.2, 0.25) is 0 Å². The number of aromatic amines is 1. The van der Waals surface area contributed by atoms with E-state index >= 15 is 0 Å². The third kappa shape index (κ3) is 5.85. The fraction of sp³-hybridized carbons (Fsp3) is 0.481. The summed E-state index contributed by atoms with van der Waals surface area (Å²) in [6.45, 7) is 0.719. The van der Waals surface area contributed by atoms with Gasteiger partial charge in [-0.3, -0.25) is 9.59 Å². The van der Waals surface area contributed by atoms with Crippen LogP contribution in [0.1, 0.15) is 48.9 Å². The lowest BCUT2D eigenvalue weighted by Crippen LogP contribution is -2.44. The molecule has 2 aromatic heterocycles. The van der Waals surface area contributed by atoms with Crippen molar-refractivity contribution in [2.24, 2.45) is 5.92 Å². The summed E-state index contributed by atoms with van der Waals surface area (Å²) in [5.41, 5.74) is 3.20. The Morgan fingerprint density at radius 3 is 2.49 bits per heavy atom. The van der Waals surface area contributed by atoms with Gasteiger partial charge in [0, 0.05) is 37.0 Å². The Kier molecular flexibility index (Phi) is 7.55. The summed E-state index contributed by atoms with van der Waals surface area (Å²) in [6.07, 6.45) is 8.74. The molecule has 2 saturated carbocycles. The molecule has 37 heavy (non-hydrogen) atoms. The van der Waals surface area contributed by atoms with Crippen molar-refractivity contribution in [1.29, 1.82) is 0 Å². The van der Waals surface area contributed by atoms with Crippen LogP contribution in [0.5, 0.6) is 11.5 Å². The van der Waals surface area contributed by atoms with Gasteiger partial charge in [0.15, 0.2) is 0 Å². The summed E-state index contributed by atoms with van der Waals surface area (Å²) in [6, 6.07) is 5.82. The molecule has 0 saturated heterocycles. The topological polar surface area (TPSA) is 127 Å². The first kappa shape index (κ1) is 25.0. The Balaban J connectivity index is 1.30. The van der Waals surface area contributed by atoms with Gasteiger partial charge in [-0.2, -0.15) is 0 Å². The molecular formula is C27H33N5O5. The normalized spacial score (nSPS) is 19.4. The van der Waals surface area contributed by atoms with E-state index in [9.17, 15) is 9.59 Å². The highest BCUT2D eigenvalue weighted by atomic mass is 16.5. The number of ether oxygens (including phenoxy) is 3. The average Bonchev–Trinajstić information content (AvgIpc) is 3.64. The van der Waals surface area contributed by atoms with Crippen molar-refractivity contribution in [2.45, 2.75) is 50.6 Å². The smallest absolute Gasteiger partial charge is 0.255 e. The lowest BCUT2D eigenvalue weighted by atomic mass is 9.91. The first-order chi connectivity index (χ1) is 18.1. The van der Waals surface area contributed by atoms with Gasteiger partial charge in [0.05, 0.1) is 24.8 Å². The molecule has 2 amide bonds. The molecule has 2 fully saturated rings. The van der Waals surface area contributed by atoms with E-state index in [4.69, 9.17) is 14.2 Å². The quantitative estimate of drug-likeness (QED) is 0.384. The molecule has 196 valence electrons. The van der Waals surface area contributed by atoms with Crippen LogP contribution in [0.3, 0.4) is 0 Å². The van der Waals surface area contributed by atoms with E-state index in [1.165, 1.54) is 26.3 Å². The van der Waals surface area contributed by atoms with Crippen LogP contribution in [0.25, 0.3) is 22.3 Å². The third-order valence-electron chi connectivity index (χ3n) is 7.03. The van der Waals surface area contributed by atoms with Gasteiger partial charge >= 0.3 is 0 Å². The number of H-pyrrole nitrogens is 1. The van der Waals surface area contributed by atoms with Gasteiger partial charge in [0.2, 0.25) is 5.91 Å². The van der Waals surface area contributed by atoms with Crippen molar-refractivity contribution in [1.82, 2.24) is 25.6 Å². The number of carbonyl (C=O) groups is 2. The zero-order chi connectivity index (χ0) is 25.8. The van der Waals surface area contributed by atoms with Crippen LogP contribution in [0, 0.1) is 5.92 Å². The van der Waals surface area contributed by atoms with Crippen molar-refractivity contribution < 1.29 is 23.8 Å². The molecule has 0 atom stereocenters. The van der Waals surface area contributed by atoms with Crippen molar-refractivity contribution >= 4 is 22.8 Å². The van der Waals surface area contributed by atoms with Gasteiger partial charge in [-0.1, -0.05) is 0 Å². The Hall–Kier alpha value is -3.66. The molecule has 10 nitrogen and oxygen atoms in total. The number of nitrogens with one attached hydrogen (secondary N) is 3. The summed E-state index contributed by atoms with van der Waals surface area (Å²) >= 11 is 0. The second kappa shape index (κ2) is 11.2. The molecule has 0 aliphatic heterocycles. The van der Waals surface area contributed by atoms with Crippen LogP contribution in [0.4, 0.5) is 0 Å². The van der Waals surface area contributed by atoms with Crippen molar-refractivity contribution in [3.05, 3.63) is 36.3 Å². The van der Waals surface area contributed by atoms with Crippen molar-refractivity contribution in [3.63, 3.8) is 0 Å². The number of carbonyl (C=O) groups excluding carboxylic acids is 2. The summed E-state index contributed by atoms with van der Waals surface area (Å²) in [5, 5.41) is 6.12. The van der Waals surface area contributed by atoms with Gasteiger partial charge in [-0.05, 0) is 56.6 Å². The summed E-state index contributed by atoms with van der Waals surface area (Å²) in [5.74, 6) is 1.72. The average molecular weight is 508 g/mol. The number of hydrogen-bond acceptors (Lipinski definition) is 7. The predicted molar refractivity (Wildman–Crippen MR) is 138 cm³/mol. The molecule has 3 aromatic rings. The monoisotopic (exact) mass is 507 g/mol. The molecule has 3 N–H and O–H groups in total. The van der Waals surface area contributed by atoms with Gasteiger partial charge in [0.25, 0.3) is 5.91 Å². The van der Waals surface area contributed by atoms with Crippen LogP contribution in [-0.2, 0) is 9.53 Å². The Labute approximate surface area is 215 Å². The van der Waals surface area contributed by atoms with Gasteiger partial charge in [0.1, 0.15) is 35.6 Å². The molecular weight excluding hydrogens is 474 g/mol. The van der Waals surface area contributed by atoms with Crippen molar-refractivity contribution in [2.75, 3.05) is 27.4 Å². The van der Waals surface area contributed by atoms with E-state index in [1.54, 1.807) is 13.3 Å². The van der Waals surface area contributed by atoms with Crippen molar-refractivity contribution in [3.8, 4) is 22.8 Å². The first-order valence-electron chi connectivity index (χ1n) is 12.8. The number of aromatic nitrogens is 3. The highest BCUT2D eigenvalue weighted by molar-refractivity contribution is 6.08. The molecule has 2 aliphatic carbocycles. The minimum atomic E-state index is -0.178. The number of nitrogens with zero attached hydrogens (tertiary/aromatic N) is 2. The summed E-state index contributed by atoms with van der Waals surface area (Å²) in [4.78, 5) is 37.1. The highest BCUT2D eigenvalue weighted by Crippen LogP contribution is 2.37. The molecule has 2 heterocycles. The second-order valence-corrected chi connectivity index (χ2v) is 9.79. The molecule has 5 rings (SSSR count). The van der Waals surface area contributed by atoms with Crippen LogP contribution < -0.4 is 20.1 Å². The molecule has 0 spiro atoms. The number of methoxy groups -OCH3 is 2. The maximum atomic E-state index is 13.2. The Morgan fingerprint density at radius 2 is 1.78 bits per heavy atom. The molecule has 2 aliphatic rings. The second-order valence-electron chi connectivity index (χ2n) is 9.79. The largest absolute Gasteiger partial charge is 0.497 e. The molecule has 10 heteroatoms. The van der Waals surface area contributed by atoms with Gasteiger partial charge in [-0.25, -0.2) is 9.97 Å². The van der Waals surface area contributed by atoms with E-state index in [0.717, 1.165) is 31.2 Å².